The van der Waals surface area contributed by atoms with Crippen molar-refractivity contribution in [3.05, 3.63) is 46.2 Å². The maximum atomic E-state index is 12.7. The molecule has 5 nitrogen and oxygen atoms in total. The first-order chi connectivity index (χ1) is 10.4. The number of H-pyrrole nitrogens is 1. The zero-order valence-corrected chi connectivity index (χ0v) is 13.1. The molecular weight excluding hydrogens is 280 g/mol. The molecule has 1 unspecified atom stereocenters. The predicted octanol–water partition coefficient (Wildman–Crippen LogP) is 2.17. The van der Waals surface area contributed by atoms with Crippen molar-refractivity contribution in [3.63, 3.8) is 0 Å². The quantitative estimate of drug-likeness (QED) is 0.878. The number of morpholine rings is 1. The second kappa shape index (κ2) is 5.25. The summed E-state index contributed by atoms with van der Waals surface area (Å²) >= 11 is 0. The summed E-state index contributed by atoms with van der Waals surface area (Å²) in [5, 5.41) is 0.536. The first kappa shape index (κ1) is 14.8. The van der Waals surface area contributed by atoms with Crippen LogP contribution in [0.1, 0.15) is 31.1 Å². The van der Waals surface area contributed by atoms with Crippen molar-refractivity contribution in [2.45, 2.75) is 32.5 Å². The monoisotopic (exact) mass is 300 g/mol. The maximum Gasteiger partial charge on any atom is 0.259 e. The van der Waals surface area contributed by atoms with Crippen LogP contribution in [0.3, 0.4) is 0 Å². The number of pyridine rings is 1. The molecule has 1 saturated heterocycles. The van der Waals surface area contributed by atoms with E-state index in [1.54, 1.807) is 17.0 Å². The molecular formula is C17H20N2O3. The van der Waals surface area contributed by atoms with Gasteiger partial charge in [0.05, 0.1) is 11.7 Å². The second-order valence-corrected chi connectivity index (χ2v) is 6.45. The number of aromatic amines is 1. The summed E-state index contributed by atoms with van der Waals surface area (Å²) < 4.78 is 5.81. The second-order valence-electron chi connectivity index (χ2n) is 6.45. The molecule has 1 aromatic heterocycles. The van der Waals surface area contributed by atoms with Gasteiger partial charge in [-0.3, -0.25) is 9.59 Å². The van der Waals surface area contributed by atoms with Crippen molar-refractivity contribution in [2.24, 2.45) is 0 Å². The molecule has 0 bridgehead atoms. The Morgan fingerprint density at radius 3 is 2.82 bits per heavy atom. The summed E-state index contributed by atoms with van der Waals surface area (Å²) in [7, 11) is 0. The van der Waals surface area contributed by atoms with Gasteiger partial charge in [-0.2, -0.15) is 0 Å². The molecule has 116 valence electrons. The first-order valence-corrected chi connectivity index (χ1v) is 7.45. The van der Waals surface area contributed by atoms with Gasteiger partial charge in [0, 0.05) is 30.2 Å². The molecule has 3 rings (SSSR count). The zero-order chi connectivity index (χ0) is 15.9. The molecule has 0 saturated carbocycles. The molecule has 1 aliphatic heterocycles. The van der Waals surface area contributed by atoms with Crippen LogP contribution in [0.15, 0.2) is 35.3 Å². The molecule has 1 aliphatic rings. The van der Waals surface area contributed by atoms with Crippen molar-refractivity contribution < 1.29 is 9.53 Å². The fourth-order valence-corrected chi connectivity index (χ4v) is 3.11. The lowest BCUT2D eigenvalue weighted by molar-refractivity contribution is -0.118. The lowest BCUT2D eigenvalue weighted by atomic mass is 10.0. The van der Waals surface area contributed by atoms with Gasteiger partial charge >= 0.3 is 0 Å². The summed E-state index contributed by atoms with van der Waals surface area (Å²) in [5.41, 5.74) is 0.288. The van der Waals surface area contributed by atoms with Crippen LogP contribution < -0.4 is 5.43 Å². The van der Waals surface area contributed by atoms with Crippen molar-refractivity contribution in [1.82, 2.24) is 9.88 Å². The van der Waals surface area contributed by atoms with Crippen LogP contribution in [0.4, 0.5) is 0 Å². The van der Waals surface area contributed by atoms with Crippen LogP contribution in [-0.2, 0) is 4.74 Å². The van der Waals surface area contributed by atoms with Crippen molar-refractivity contribution in [1.29, 1.82) is 0 Å². The number of carbonyl (C=O) groups is 1. The van der Waals surface area contributed by atoms with Crippen LogP contribution in [0, 0.1) is 0 Å². The van der Waals surface area contributed by atoms with Gasteiger partial charge in [0.25, 0.3) is 5.91 Å². The Kier molecular flexibility index (Phi) is 3.53. The number of nitrogens with one attached hydrogen (secondary N) is 1. The highest BCUT2D eigenvalue weighted by molar-refractivity contribution is 5.97. The highest BCUT2D eigenvalue weighted by atomic mass is 16.5. The summed E-state index contributed by atoms with van der Waals surface area (Å²) in [6.07, 6.45) is 1.47. The zero-order valence-electron chi connectivity index (χ0n) is 13.1. The Morgan fingerprint density at radius 2 is 2.09 bits per heavy atom. The number of amides is 1. The van der Waals surface area contributed by atoms with Crippen LogP contribution in [0.2, 0.25) is 0 Å². The molecule has 22 heavy (non-hydrogen) atoms. The van der Waals surface area contributed by atoms with E-state index in [4.69, 9.17) is 4.74 Å². The van der Waals surface area contributed by atoms with E-state index in [2.05, 4.69) is 4.98 Å². The Labute approximate surface area is 128 Å². The third kappa shape index (κ3) is 2.64. The molecule has 2 heterocycles. The average Bonchev–Trinajstić information content (AvgIpc) is 2.45. The van der Waals surface area contributed by atoms with Gasteiger partial charge in [0.15, 0.2) is 0 Å². The van der Waals surface area contributed by atoms with Crippen LogP contribution in [0.5, 0.6) is 0 Å². The lowest BCUT2D eigenvalue weighted by Crippen LogP contribution is -2.54. The Balaban J connectivity index is 1.99. The Hall–Kier alpha value is -2.14. The highest BCUT2D eigenvalue weighted by Crippen LogP contribution is 2.22. The minimum Gasteiger partial charge on any atom is -0.369 e. The van der Waals surface area contributed by atoms with Gasteiger partial charge < -0.3 is 14.6 Å². The number of nitrogens with zero attached hydrogens (tertiary/aromatic N) is 1. The Bertz CT molecular complexity index is 779. The summed E-state index contributed by atoms with van der Waals surface area (Å²) in [6, 6.07) is 7.21. The Morgan fingerprint density at radius 1 is 1.36 bits per heavy atom. The number of rotatable bonds is 1. The number of benzene rings is 1. The number of carbonyl (C=O) groups excluding carboxylic acids is 1. The normalized spacial score (nSPS) is 21.0. The van der Waals surface area contributed by atoms with Crippen molar-refractivity contribution in [3.8, 4) is 0 Å². The number of ether oxygens (including phenoxy) is 1. The fraction of sp³-hybridized carbons (Fsp3) is 0.412. The van der Waals surface area contributed by atoms with E-state index in [-0.39, 0.29) is 23.0 Å². The van der Waals surface area contributed by atoms with Gasteiger partial charge in [-0.25, -0.2) is 0 Å². The summed E-state index contributed by atoms with van der Waals surface area (Å²) in [6.45, 7) is 6.81. The van der Waals surface area contributed by atoms with E-state index in [1.807, 2.05) is 32.9 Å². The van der Waals surface area contributed by atoms with E-state index in [1.165, 1.54) is 6.20 Å². The van der Waals surface area contributed by atoms with E-state index in [0.717, 1.165) is 5.52 Å². The lowest BCUT2D eigenvalue weighted by Gasteiger charge is -2.41. The van der Waals surface area contributed by atoms with Crippen LogP contribution in [-0.4, -0.2) is 40.6 Å². The summed E-state index contributed by atoms with van der Waals surface area (Å²) in [5.74, 6) is -0.241. The molecule has 5 heteroatoms. The van der Waals surface area contributed by atoms with E-state index >= 15 is 0 Å². The SMILES string of the molecule is CC1CN(C(=O)c2c[nH]c3ccccc3c2=O)CC(C)(C)O1. The number of aromatic nitrogens is 1. The van der Waals surface area contributed by atoms with Gasteiger partial charge in [0.2, 0.25) is 5.43 Å². The van der Waals surface area contributed by atoms with E-state index in [9.17, 15) is 9.59 Å². The molecule has 0 spiro atoms. The third-order valence-corrected chi connectivity index (χ3v) is 3.88. The molecule has 0 radical (unpaired) electrons. The topological polar surface area (TPSA) is 62.4 Å². The van der Waals surface area contributed by atoms with Gasteiger partial charge in [0.1, 0.15) is 5.56 Å². The smallest absolute Gasteiger partial charge is 0.259 e. The highest BCUT2D eigenvalue weighted by Gasteiger charge is 2.34. The standard InChI is InChI=1S/C17H20N2O3/c1-11-9-19(10-17(2,3)22-11)16(21)13-8-18-14-7-5-4-6-12(14)15(13)20/h4-8,11H,9-10H2,1-3H3,(H,18,20). The molecule has 2 aromatic rings. The largest absolute Gasteiger partial charge is 0.369 e. The van der Waals surface area contributed by atoms with E-state index in [0.29, 0.717) is 18.5 Å². The van der Waals surface area contributed by atoms with Gasteiger partial charge in [-0.15, -0.1) is 0 Å². The van der Waals surface area contributed by atoms with Crippen molar-refractivity contribution >= 4 is 16.8 Å². The number of hydrogen-bond donors (Lipinski definition) is 1. The van der Waals surface area contributed by atoms with Crippen molar-refractivity contribution in [2.75, 3.05) is 13.1 Å². The van der Waals surface area contributed by atoms with Gasteiger partial charge in [-0.1, -0.05) is 12.1 Å². The summed E-state index contributed by atoms with van der Waals surface area (Å²) in [4.78, 5) is 30.0. The maximum absolute atomic E-state index is 12.7. The third-order valence-electron chi connectivity index (χ3n) is 3.88. The predicted molar refractivity (Wildman–Crippen MR) is 85.1 cm³/mol. The van der Waals surface area contributed by atoms with Crippen LogP contribution in [0.25, 0.3) is 10.9 Å². The van der Waals surface area contributed by atoms with Crippen LogP contribution >= 0.6 is 0 Å². The number of para-hydroxylation sites is 1. The molecule has 1 atom stereocenters. The molecule has 0 aliphatic carbocycles. The number of fused-ring (bicyclic) bond motifs is 1. The first-order valence-electron chi connectivity index (χ1n) is 7.45. The molecule has 1 fully saturated rings. The molecule has 1 amide bonds. The molecule has 1 N–H and O–H groups in total. The minimum atomic E-state index is -0.406. The average molecular weight is 300 g/mol. The molecule has 1 aromatic carbocycles. The minimum absolute atomic E-state index is 0.0489. The van der Waals surface area contributed by atoms with E-state index < -0.39 is 5.60 Å². The number of hydrogen-bond acceptors (Lipinski definition) is 3. The van der Waals surface area contributed by atoms with Gasteiger partial charge in [-0.05, 0) is 32.9 Å². The fourth-order valence-electron chi connectivity index (χ4n) is 3.11.